The molecule has 3 nitrogen and oxygen atoms in total. The number of fused-ring (bicyclic) bond motifs is 1. The average molecular weight is 333 g/mol. The van der Waals surface area contributed by atoms with E-state index in [4.69, 9.17) is 0 Å². The monoisotopic (exact) mass is 333 g/mol. The molecule has 1 aliphatic carbocycles. The number of aliphatic hydroxyl groups excluding tert-OH is 1. The van der Waals surface area contributed by atoms with E-state index in [-0.39, 0.29) is 11.2 Å². The van der Waals surface area contributed by atoms with Crippen molar-refractivity contribution < 1.29 is 9.90 Å². The van der Waals surface area contributed by atoms with Crippen LogP contribution in [0.4, 0.5) is 0 Å². The molecule has 0 saturated heterocycles. The summed E-state index contributed by atoms with van der Waals surface area (Å²) in [5, 5.41) is 10.9. The molecule has 0 aliphatic heterocycles. The molecule has 1 aromatic heterocycles. The number of hydrogen-bond acceptors (Lipinski definition) is 3. The Morgan fingerprint density at radius 3 is 2.84 bits per heavy atom. The van der Waals surface area contributed by atoms with Crippen LogP contribution >= 0.6 is 0 Å². The fourth-order valence-corrected chi connectivity index (χ4v) is 3.04. The summed E-state index contributed by atoms with van der Waals surface area (Å²) in [5.41, 5.74) is 2.84. The van der Waals surface area contributed by atoms with E-state index in [1.54, 1.807) is 24.4 Å². The molecule has 0 bridgehead atoms. The van der Waals surface area contributed by atoms with Crippen molar-refractivity contribution in [2.24, 2.45) is 5.41 Å². The second-order valence-corrected chi connectivity index (χ2v) is 7.14. The molecular formula is C22H23NO2. The standard InChI is InChI=1S/C22H23NO2/c1-22(2)12-11-20(25)14-18(22)8-10-19(24)9-7-16-13-17-5-3-4-6-21(17)23-15-16/h3-10,13-15,20,25H,11-12H2,1-2H3. The number of aliphatic hydroxyl groups is 1. The van der Waals surface area contributed by atoms with E-state index < -0.39 is 6.10 Å². The average Bonchev–Trinajstić information content (AvgIpc) is 2.60. The van der Waals surface area contributed by atoms with Crippen LogP contribution in [0.1, 0.15) is 32.3 Å². The number of pyridine rings is 1. The molecule has 0 spiro atoms. The second-order valence-electron chi connectivity index (χ2n) is 7.14. The zero-order valence-corrected chi connectivity index (χ0v) is 14.6. The number of nitrogens with zero attached hydrogens (tertiary/aromatic N) is 1. The number of rotatable bonds is 4. The lowest BCUT2D eigenvalue weighted by Crippen LogP contribution is -2.23. The maximum absolute atomic E-state index is 12.1. The molecule has 0 saturated carbocycles. The normalized spacial score (nSPS) is 20.3. The highest BCUT2D eigenvalue weighted by atomic mass is 16.3. The van der Waals surface area contributed by atoms with Gasteiger partial charge in [-0.2, -0.15) is 0 Å². The van der Waals surface area contributed by atoms with E-state index in [9.17, 15) is 9.90 Å². The number of aromatic nitrogens is 1. The van der Waals surface area contributed by atoms with Crippen molar-refractivity contribution in [2.45, 2.75) is 32.8 Å². The lowest BCUT2D eigenvalue weighted by molar-refractivity contribution is -0.110. The first-order chi connectivity index (χ1) is 11.9. The Balaban J connectivity index is 1.71. The van der Waals surface area contributed by atoms with E-state index in [2.05, 4.69) is 18.8 Å². The number of para-hydroxylation sites is 1. The van der Waals surface area contributed by atoms with Gasteiger partial charge in [-0.1, -0.05) is 44.2 Å². The Bertz CT molecular complexity index is 874. The minimum absolute atomic E-state index is 0.0119. The van der Waals surface area contributed by atoms with Gasteiger partial charge < -0.3 is 5.11 Å². The van der Waals surface area contributed by atoms with Gasteiger partial charge in [0.2, 0.25) is 0 Å². The molecular weight excluding hydrogens is 310 g/mol. The lowest BCUT2D eigenvalue weighted by Gasteiger charge is -2.32. The van der Waals surface area contributed by atoms with Gasteiger partial charge in [0.1, 0.15) is 0 Å². The van der Waals surface area contributed by atoms with E-state index in [1.165, 1.54) is 0 Å². The molecule has 0 radical (unpaired) electrons. The third-order valence-corrected chi connectivity index (χ3v) is 4.70. The Morgan fingerprint density at radius 1 is 1.24 bits per heavy atom. The third kappa shape index (κ3) is 4.31. The topological polar surface area (TPSA) is 50.2 Å². The molecule has 1 atom stereocenters. The van der Waals surface area contributed by atoms with Crippen molar-refractivity contribution in [1.29, 1.82) is 0 Å². The van der Waals surface area contributed by atoms with Crippen LogP contribution in [0.25, 0.3) is 17.0 Å². The fourth-order valence-electron chi connectivity index (χ4n) is 3.04. The van der Waals surface area contributed by atoms with Crippen LogP contribution in [-0.2, 0) is 4.79 Å². The molecule has 3 heteroatoms. The predicted octanol–water partition coefficient (Wildman–Crippen LogP) is 4.48. The quantitative estimate of drug-likeness (QED) is 0.839. The van der Waals surface area contributed by atoms with Gasteiger partial charge in [0.15, 0.2) is 5.78 Å². The van der Waals surface area contributed by atoms with Crippen LogP contribution < -0.4 is 0 Å². The number of benzene rings is 1. The number of allylic oxidation sites excluding steroid dienone is 4. The first-order valence-electron chi connectivity index (χ1n) is 8.59. The zero-order valence-electron chi connectivity index (χ0n) is 14.6. The molecule has 1 unspecified atom stereocenters. The first-order valence-corrected chi connectivity index (χ1v) is 8.59. The number of ketones is 1. The fraction of sp³-hybridized carbons (Fsp3) is 0.273. The number of carbonyl (C=O) groups excluding carboxylic acids is 1. The highest BCUT2D eigenvalue weighted by molar-refractivity contribution is 6.02. The largest absolute Gasteiger partial charge is 0.389 e. The molecule has 1 N–H and O–H groups in total. The zero-order chi connectivity index (χ0) is 17.9. The highest BCUT2D eigenvalue weighted by Gasteiger charge is 2.27. The molecule has 0 amide bonds. The summed E-state index contributed by atoms with van der Waals surface area (Å²) in [6.45, 7) is 4.27. The minimum Gasteiger partial charge on any atom is -0.389 e. The molecule has 0 fully saturated rings. The van der Waals surface area contributed by atoms with Gasteiger partial charge in [0.05, 0.1) is 11.6 Å². The number of carbonyl (C=O) groups is 1. The van der Waals surface area contributed by atoms with Gasteiger partial charge in [-0.15, -0.1) is 0 Å². The predicted molar refractivity (Wildman–Crippen MR) is 102 cm³/mol. The number of hydrogen-bond donors (Lipinski definition) is 1. The maximum atomic E-state index is 12.1. The molecule has 128 valence electrons. The highest BCUT2D eigenvalue weighted by Crippen LogP contribution is 2.37. The summed E-state index contributed by atoms with van der Waals surface area (Å²) >= 11 is 0. The van der Waals surface area contributed by atoms with Crippen molar-refractivity contribution in [3.05, 3.63) is 72.0 Å². The van der Waals surface area contributed by atoms with Crippen molar-refractivity contribution in [3.63, 3.8) is 0 Å². The van der Waals surface area contributed by atoms with Crippen LogP contribution in [0.3, 0.4) is 0 Å². The smallest absolute Gasteiger partial charge is 0.178 e. The summed E-state index contributed by atoms with van der Waals surface area (Å²) in [6, 6.07) is 9.91. The summed E-state index contributed by atoms with van der Waals surface area (Å²) in [7, 11) is 0. The summed E-state index contributed by atoms with van der Waals surface area (Å²) < 4.78 is 0. The maximum Gasteiger partial charge on any atom is 0.178 e. The van der Waals surface area contributed by atoms with Crippen LogP contribution in [0, 0.1) is 5.41 Å². The van der Waals surface area contributed by atoms with Crippen molar-refractivity contribution >= 4 is 22.8 Å². The van der Waals surface area contributed by atoms with E-state index in [0.717, 1.165) is 34.9 Å². The SMILES string of the molecule is CC1(C)CCC(O)C=C1C=CC(=O)C=Cc1cnc2ccccc2c1. The van der Waals surface area contributed by atoms with Crippen LogP contribution in [-0.4, -0.2) is 22.0 Å². The van der Waals surface area contributed by atoms with E-state index in [0.29, 0.717) is 0 Å². The summed E-state index contributed by atoms with van der Waals surface area (Å²) in [6.07, 6.45) is 11.6. The van der Waals surface area contributed by atoms with Crippen LogP contribution in [0.5, 0.6) is 0 Å². The van der Waals surface area contributed by atoms with Gasteiger partial charge in [-0.3, -0.25) is 9.78 Å². The Labute approximate surface area is 148 Å². The van der Waals surface area contributed by atoms with Gasteiger partial charge in [0.25, 0.3) is 0 Å². The summed E-state index contributed by atoms with van der Waals surface area (Å²) in [5.74, 6) is -0.0788. The molecule has 25 heavy (non-hydrogen) atoms. The molecule has 3 rings (SSSR count). The van der Waals surface area contributed by atoms with E-state index >= 15 is 0 Å². The van der Waals surface area contributed by atoms with Crippen molar-refractivity contribution in [2.75, 3.05) is 0 Å². The van der Waals surface area contributed by atoms with Gasteiger partial charge >= 0.3 is 0 Å². The Kier molecular flexibility index (Phi) is 4.95. The first kappa shape index (κ1) is 17.3. The van der Waals surface area contributed by atoms with Crippen molar-refractivity contribution in [1.82, 2.24) is 4.98 Å². The Hall–Kier alpha value is -2.52. The van der Waals surface area contributed by atoms with Gasteiger partial charge in [-0.05, 0) is 59.8 Å². The van der Waals surface area contributed by atoms with Crippen LogP contribution in [0.15, 0.2) is 66.4 Å². The lowest BCUT2D eigenvalue weighted by atomic mass is 9.75. The second kappa shape index (κ2) is 7.16. The van der Waals surface area contributed by atoms with Gasteiger partial charge in [-0.25, -0.2) is 0 Å². The van der Waals surface area contributed by atoms with E-state index in [1.807, 2.05) is 42.5 Å². The molecule has 2 aromatic rings. The molecule has 1 heterocycles. The van der Waals surface area contributed by atoms with Crippen molar-refractivity contribution in [3.8, 4) is 0 Å². The van der Waals surface area contributed by atoms with Crippen LogP contribution in [0.2, 0.25) is 0 Å². The summed E-state index contributed by atoms with van der Waals surface area (Å²) in [4.78, 5) is 16.5. The molecule has 1 aromatic carbocycles. The third-order valence-electron chi connectivity index (χ3n) is 4.70. The molecule has 1 aliphatic rings. The van der Waals surface area contributed by atoms with Gasteiger partial charge in [0, 0.05) is 11.6 Å². The Morgan fingerprint density at radius 2 is 2.00 bits per heavy atom. The minimum atomic E-state index is -0.415.